The van der Waals surface area contributed by atoms with E-state index < -0.39 is 11.0 Å². The molecule has 0 aliphatic heterocycles. The molecule has 3 aliphatic carbocycles. The highest BCUT2D eigenvalue weighted by molar-refractivity contribution is 6.12. The minimum atomic E-state index is -0.779. The van der Waals surface area contributed by atoms with Crippen LogP contribution in [0.3, 0.4) is 0 Å². The van der Waals surface area contributed by atoms with Crippen LogP contribution < -0.4 is 0 Å². The van der Waals surface area contributed by atoms with Crippen LogP contribution in [0.25, 0.3) is 0 Å². The van der Waals surface area contributed by atoms with Crippen LogP contribution in [0.15, 0.2) is 12.2 Å². The van der Waals surface area contributed by atoms with Crippen LogP contribution in [0.5, 0.6) is 0 Å². The van der Waals surface area contributed by atoms with Gasteiger partial charge in [-0.3, -0.25) is 4.79 Å². The number of carbonyl (C=O) groups is 2. The minimum absolute atomic E-state index is 0.0759. The third-order valence-electron chi connectivity index (χ3n) is 6.90. The highest BCUT2D eigenvalue weighted by atomic mass is 16.3. The maximum Gasteiger partial charge on any atom is 0.161 e. The normalized spacial score (nSPS) is 53.4. The maximum atomic E-state index is 12.7. The quantitative estimate of drug-likeness (QED) is 0.643. The van der Waals surface area contributed by atoms with Gasteiger partial charge in [-0.15, -0.1) is 0 Å². The molecule has 1 spiro atoms. The Balaban J connectivity index is 2.10. The summed E-state index contributed by atoms with van der Waals surface area (Å²) in [5.74, 6) is 0.322. The van der Waals surface area contributed by atoms with Crippen molar-refractivity contribution in [2.24, 2.45) is 28.6 Å². The van der Waals surface area contributed by atoms with E-state index in [0.29, 0.717) is 19.3 Å². The molecule has 3 rings (SSSR count). The summed E-state index contributed by atoms with van der Waals surface area (Å²) in [7, 11) is 6.47. The molecule has 0 aromatic heterocycles. The second-order valence-electron chi connectivity index (χ2n) is 8.31. The third kappa shape index (κ3) is 1.92. The van der Waals surface area contributed by atoms with Gasteiger partial charge in [-0.1, -0.05) is 25.7 Å². The number of aliphatic hydroxyl groups is 1. The molecule has 0 aromatic carbocycles. The molecule has 118 valence electrons. The molecule has 2 saturated carbocycles. The number of aldehydes is 1. The summed E-state index contributed by atoms with van der Waals surface area (Å²) < 4.78 is 0. The summed E-state index contributed by atoms with van der Waals surface area (Å²) in [6.07, 6.45) is 7.10. The number of ketones is 1. The molecule has 0 aromatic rings. The minimum Gasteiger partial charge on any atom is -0.390 e. The highest BCUT2D eigenvalue weighted by Crippen LogP contribution is 2.69. The monoisotopic (exact) mass is 300 g/mol. The van der Waals surface area contributed by atoms with Gasteiger partial charge in [0.05, 0.1) is 13.4 Å². The molecule has 5 unspecified atom stereocenters. The SMILES string of the molecule is [B][C@@H]1C(C)C2C3(C=CC(=O)[C@@]2(C)CCC=O)CC1C(C)(O)C3. The average molecular weight is 300 g/mol. The standard InChI is InChI=1S/C18H25BO3/c1-11-14(19)12-9-18(10-17(12,3)22)7-5-13(21)16(2,15(11)18)6-4-8-20/h5,7-8,11-12,14-15,22H,4,6,9-10H2,1-3H3/t11?,12?,14-,15?,16-,17?,18?/m1/s1. The molecule has 3 nitrogen and oxygen atoms in total. The molecule has 2 fully saturated rings. The Morgan fingerprint density at radius 3 is 2.77 bits per heavy atom. The van der Waals surface area contributed by atoms with Gasteiger partial charge in [-0.25, -0.2) is 0 Å². The fraction of sp³-hybridized carbons (Fsp3) is 0.778. The zero-order valence-electron chi connectivity index (χ0n) is 13.7. The van der Waals surface area contributed by atoms with E-state index in [1.165, 1.54) is 0 Å². The second kappa shape index (κ2) is 4.80. The summed E-state index contributed by atoms with van der Waals surface area (Å²) in [4.78, 5) is 23.5. The molecule has 22 heavy (non-hydrogen) atoms. The Morgan fingerprint density at radius 1 is 1.45 bits per heavy atom. The molecule has 0 amide bonds. The number of carbonyl (C=O) groups excluding carboxylic acids is 2. The molecule has 7 atom stereocenters. The van der Waals surface area contributed by atoms with E-state index in [1.807, 2.05) is 19.9 Å². The lowest BCUT2D eigenvalue weighted by Gasteiger charge is -2.55. The van der Waals surface area contributed by atoms with Crippen LogP contribution >= 0.6 is 0 Å². The second-order valence-corrected chi connectivity index (χ2v) is 8.31. The predicted molar refractivity (Wildman–Crippen MR) is 85.5 cm³/mol. The van der Waals surface area contributed by atoms with E-state index >= 15 is 0 Å². The zero-order chi connectivity index (χ0) is 16.3. The van der Waals surface area contributed by atoms with Crippen molar-refractivity contribution in [3.8, 4) is 0 Å². The molecule has 0 saturated heterocycles. The number of rotatable bonds is 3. The van der Waals surface area contributed by atoms with E-state index in [2.05, 4.69) is 6.92 Å². The van der Waals surface area contributed by atoms with Crippen LogP contribution in [0.4, 0.5) is 0 Å². The van der Waals surface area contributed by atoms with Crippen molar-refractivity contribution in [2.45, 2.75) is 57.9 Å². The van der Waals surface area contributed by atoms with Crippen molar-refractivity contribution in [2.75, 3.05) is 0 Å². The summed E-state index contributed by atoms with van der Waals surface area (Å²) in [6.45, 7) is 5.99. The number of hydrogen-bond acceptors (Lipinski definition) is 3. The average Bonchev–Trinajstić information content (AvgIpc) is 2.68. The molecule has 4 heteroatoms. The molecule has 3 aliphatic rings. The lowest BCUT2D eigenvalue weighted by atomic mass is 9.45. The first-order chi connectivity index (χ1) is 10.2. The van der Waals surface area contributed by atoms with E-state index in [1.54, 1.807) is 6.08 Å². The van der Waals surface area contributed by atoms with Crippen LogP contribution in [0, 0.1) is 28.6 Å². The van der Waals surface area contributed by atoms with E-state index in [4.69, 9.17) is 7.85 Å². The van der Waals surface area contributed by atoms with Gasteiger partial charge in [-0.05, 0) is 55.4 Å². The van der Waals surface area contributed by atoms with Crippen molar-refractivity contribution < 1.29 is 14.7 Å². The van der Waals surface area contributed by atoms with Gasteiger partial charge in [-0.2, -0.15) is 0 Å². The Morgan fingerprint density at radius 2 is 2.14 bits per heavy atom. The van der Waals surface area contributed by atoms with E-state index in [-0.39, 0.29) is 34.8 Å². The first-order valence-corrected chi connectivity index (χ1v) is 8.33. The van der Waals surface area contributed by atoms with Gasteiger partial charge in [0, 0.05) is 11.8 Å². The first-order valence-electron chi connectivity index (χ1n) is 8.33. The summed E-state index contributed by atoms with van der Waals surface area (Å²) in [5, 5.41) is 10.8. The molecular weight excluding hydrogens is 275 g/mol. The van der Waals surface area contributed by atoms with E-state index in [0.717, 1.165) is 12.7 Å². The van der Waals surface area contributed by atoms with Gasteiger partial charge in [0.15, 0.2) is 5.78 Å². The molecular formula is C18H25BO3. The van der Waals surface area contributed by atoms with Crippen LogP contribution in [0.1, 0.15) is 46.5 Å². The molecule has 1 N–H and O–H groups in total. The van der Waals surface area contributed by atoms with Crippen molar-refractivity contribution in [3.63, 3.8) is 0 Å². The third-order valence-corrected chi connectivity index (χ3v) is 6.90. The zero-order valence-corrected chi connectivity index (χ0v) is 13.7. The largest absolute Gasteiger partial charge is 0.390 e. The fourth-order valence-corrected chi connectivity index (χ4v) is 6.07. The van der Waals surface area contributed by atoms with Gasteiger partial charge in [0.1, 0.15) is 6.29 Å². The summed E-state index contributed by atoms with van der Waals surface area (Å²) in [5.41, 5.74) is -1.49. The topological polar surface area (TPSA) is 54.4 Å². The molecule has 2 bridgehead atoms. The van der Waals surface area contributed by atoms with Gasteiger partial charge >= 0.3 is 0 Å². The van der Waals surface area contributed by atoms with Crippen molar-refractivity contribution in [1.29, 1.82) is 0 Å². The summed E-state index contributed by atoms with van der Waals surface area (Å²) in [6, 6.07) is 0. The van der Waals surface area contributed by atoms with Crippen LogP contribution in [0.2, 0.25) is 5.82 Å². The van der Waals surface area contributed by atoms with E-state index in [9.17, 15) is 14.7 Å². The van der Waals surface area contributed by atoms with Crippen molar-refractivity contribution in [1.82, 2.24) is 0 Å². The predicted octanol–water partition coefficient (Wildman–Crippen LogP) is 2.48. The van der Waals surface area contributed by atoms with Crippen molar-refractivity contribution >= 4 is 19.9 Å². The first kappa shape index (κ1) is 16.0. The van der Waals surface area contributed by atoms with Gasteiger partial charge in [0.2, 0.25) is 0 Å². The number of hydrogen-bond donors (Lipinski definition) is 1. The van der Waals surface area contributed by atoms with Crippen molar-refractivity contribution in [3.05, 3.63) is 12.2 Å². The Hall–Kier alpha value is -0.895. The Kier molecular flexibility index (Phi) is 3.49. The smallest absolute Gasteiger partial charge is 0.161 e. The highest BCUT2D eigenvalue weighted by Gasteiger charge is 2.66. The molecule has 2 radical (unpaired) electrons. The summed E-state index contributed by atoms with van der Waals surface area (Å²) >= 11 is 0. The fourth-order valence-electron chi connectivity index (χ4n) is 6.07. The van der Waals surface area contributed by atoms with Crippen LogP contribution in [-0.2, 0) is 9.59 Å². The molecule has 0 heterocycles. The Labute approximate surface area is 134 Å². The Bertz CT molecular complexity index is 540. The maximum absolute atomic E-state index is 12.7. The number of allylic oxidation sites excluding steroid dienone is 2. The number of fused-ring (bicyclic) bond motifs is 1. The lowest BCUT2D eigenvalue weighted by Crippen LogP contribution is -2.52. The van der Waals surface area contributed by atoms with Gasteiger partial charge < -0.3 is 9.90 Å². The van der Waals surface area contributed by atoms with Gasteiger partial charge in [0.25, 0.3) is 0 Å². The lowest BCUT2D eigenvalue weighted by molar-refractivity contribution is -0.135. The van der Waals surface area contributed by atoms with Crippen LogP contribution in [-0.4, -0.2) is 30.6 Å².